The second-order valence-electron chi connectivity index (χ2n) is 5.84. The van der Waals surface area contributed by atoms with Gasteiger partial charge in [-0.05, 0) is 44.2 Å². The lowest BCUT2D eigenvalue weighted by Gasteiger charge is -2.31. The molecule has 1 unspecified atom stereocenters. The quantitative estimate of drug-likeness (QED) is 0.810. The third-order valence-electron chi connectivity index (χ3n) is 4.02. The predicted octanol–water partition coefficient (Wildman–Crippen LogP) is 2.41. The topological polar surface area (TPSA) is 72.2 Å². The van der Waals surface area contributed by atoms with Gasteiger partial charge in [-0.15, -0.1) is 0 Å². The Bertz CT molecular complexity index is 567. The molecule has 1 fully saturated rings. The summed E-state index contributed by atoms with van der Waals surface area (Å²) in [6.45, 7) is 4.45. The molecule has 0 heterocycles. The standard InChI is InChI=1S/C15H24N2O2S/c1-3-10-20(18,19)14-7-5-4-6-13(14)17-15(2,11-16)12-8-9-12/h4-7,12,17H,3,8-11,16H2,1-2H3. The molecule has 5 heteroatoms. The number of benzene rings is 1. The summed E-state index contributed by atoms with van der Waals surface area (Å²) >= 11 is 0. The van der Waals surface area contributed by atoms with Crippen molar-refractivity contribution in [2.45, 2.75) is 43.5 Å². The van der Waals surface area contributed by atoms with Crippen LogP contribution in [0.3, 0.4) is 0 Å². The maximum absolute atomic E-state index is 12.3. The first-order valence-corrected chi connectivity index (χ1v) is 8.88. The van der Waals surface area contributed by atoms with Gasteiger partial charge in [0.25, 0.3) is 0 Å². The summed E-state index contributed by atoms with van der Waals surface area (Å²) in [6, 6.07) is 7.14. The molecule has 0 aromatic heterocycles. The van der Waals surface area contributed by atoms with E-state index in [0.29, 0.717) is 29.5 Å². The van der Waals surface area contributed by atoms with Crippen molar-refractivity contribution in [3.05, 3.63) is 24.3 Å². The van der Waals surface area contributed by atoms with Gasteiger partial charge in [-0.25, -0.2) is 8.42 Å². The van der Waals surface area contributed by atoms with Gasteiger partial charge in [0.05, 0.1) is 16.3 Å². The maximum Gasteiger partial charge on any atom is 0.180 e. The molecule has 20 heavy (non-hydrogen) atoms. The summed E-state index contributed by atoms with van der Waals surface area (Å²) in [7, 11) is -3.23. The van der Waals surface area contributed by atoms with E-state index in [1.807, 2.05) is 19.1 Å². The van der Waals surface area contributed by atoms with Crippen LogP contribution in [0, 0.1) is 5.92 Å². The Morgan fingerprint density at radius 3 is 2.55 bits per heavy atom. The van der Waals surface area contributed by atoms with Crippen LogP contribution >= 0.6 is 0 Å². The van der Waals surface area contributed by atoms with Gasteiger partial charge in [-0.3, -0.25) is 0 Å². The SMILES string of the molecule is CCCS(=O)(=O)c1ccccc1NC(C)(CN)C1CC1. The van der Waals surface area contributed by atoms with Crippen LogP contribution in [0.15, 0.2) is 29.2 Å². The molecule has 0 saturated heterocycles. The molecule has 1 atom stereocenters. The number of rotatable bonds is 7. The molecule has 2 rings (SSSR count). The van der Waals surface area contributed by atoms with Gasteiger partial charge in [-0.1, -0.05) is 19.1 Å². The van der Waals surface area contributed by atoms with Gasteiger partial charge in [0.15, 0.2) is 9.84 Å². The largest absolute Gasteiger partial charge is 0.377 e. The minimum Gasteiger partial charge on any atom is -0.377 e. The Balaban J connectivity index is 2.33. The molecule has 1 aromatic rings. The molecule has 1 saturated carbocycles. The number of para-hydroxylation sites is 1. The van der Waals surface area contributed by atoms with Crippen LogP contribution in [0.1, 0.15) is 33.1 Å². The molecule has 4 nitrogen and oxygen atoms in total. The molecular formula is C15H24N2O2S. The van der Waals surface area contributed by atoms with E-state index in [1.54, 1.807) is 12.1 Å². The van der Waals surface area contributed by atoms with Crippen molar-refractivity contribution in [2.75, 3.05) is 17.6 Å². The van der Waals surface area contributed by atoms with Crippen molar-refractivity contribution in [1.29, 1.82) is 0 Å². The van der Waals surface area contributed by atoms with Crippen molar-refractivity contribution < 1.29 is 8.42 Å². The Labute approximate surface area is 121 Å². The fraction of sp³-hybridized carbons (Fsp3) is 0.600. The van der Waals surface area contributed by atoms with Crippen molar-refractivity contribution in [3.63, 3.8) is 0 Å². The Hall–Kier alpha value is -1.07. The van der Waals surface area contributed by atoms with Gasteiger partial charge in [-0.2, -0.15) is 0 Å². The van der Waals surface area contributed by atoms with Gasteiger partial charge >= 0.3 is 0 Å². The normalized spacial score (nSPS) is 18.6. The maximum atomic E-state index is 12.3. The smallest absolute Gasteiger partial charge is 0.180 e. The van der Waals surface area contributed by atoms with Crippen LogP contribution in [0.2, 0.25) is 0 Å². The molecular weight excluding hydrogens is 272 g/mol. The highest BCUT2D eigenvalue weighted by Crippen LogP contribution is 2.41. The molecule has 0 aliphatic heterocycles. The molecule has 0 amide bonds. The molecule has 112 valence electrons. The fourth-order valence-electron chi connectivity index (χ4n) is 2.57. The summed E-state index contributed by atoms with van der Waals surface area (Å²) in [5.74, 6) is 0.712. The van der Waals surface area contributed by atoms with Crippen molar-refractivity contribution in [3.8, 4) is 0 Å². The van der Waals surface area contributed by atoms with E-state index < -0.39 is 9.84 Å². The van der Waals surface area contributed by atoms with E-state index in [4.69, 9.17) is 5.73 Å². The zero-order valence-corrected chi connectivity index (χ0v) is 13.0. The lowest BCUT2D eigenvalue weighted by molar-refractivity contribution is 0.458. The molecule has 0 radical (unpaired) electrons. The number of hydrogen-bond donors (Lipinski definition) is 2. The first kappa shape index (κ1) is 15.3. The summed E-state index contributed by atoms with van der Waals surface area (Å²) in [5, 5.41) is 3.40. The second kappa shape index (κ2) is 5.74. The van der Waals surface area contributed by atoms with E-state index in [-0.39, 0.29) is 11.3 Å². The van der Waals surface area contributed by atoms with Crippen molar-refractivity contribution in [2.24, 2.45) is 11.7 Å². The van der Waals surface area contributed by atoms with E-state index >= 15 is 0 Å². The highest BCUT2D eigenvalue weighted by atomic mass is 32.2. The highest BCUT2D eigenvalue weighted by molar-refractivity contribution is 7.91. The van der Waals surface area contributed by atoms with Crippen LogP contribution in [-0.4, -0.2) is 26.3 Å². The Kier molecular flexibility index (Phi) is 4.39. The lowest BCUT2D eigenvalue weighted by atomic mass is 9.95. The zero-order chi connectivity index (χ0) is 14.8. The molecule has 1 aliphatic carbocycles. The van der Waals surface area contributed by atoms with Crippen molar-refractivity contribution >= 4 is 15.5 Å². The highest BCUT2D eigenvalue weighted by Gasteiger charge is 2.41. The lowest BCUT2D eigenvalue weighted by Crippen LogP contribution is -2.45. The van der Waals surface area contributed by atoms with Crippen LogP contribution < -0.4 is 11.1 Å². The third kappa shape index (κ3) is 3.15. The molecule has 0 bridgehead atoms. The Morgan fingerprint density at radius 1 is 1.35 bits per heavy atom. The summed E-state index contributed by atoms with van der Waals surface area (Å²) in [5.41, 5.74) is 6.36. The van der Waals surface area contributed by atoms with Gasteiger partial charge < -0.3 is 11.1 Å². The van der Waals surface area contributed by atoms with E-state index in [0.717, 1.165) is 12.8 Å². The van der Waals surface area contributed by atoms with Crippen LogP contribution in [0.5, 0.6) is 0 Å². The van der Waals surface area contributed by atoms with E-state index in [2.05, 4.69) is 12.2 Å². The monoisotopic (exact) mass is 296 g/mol. The van der Waals surface area contributed by atoms with Gasteiger partial charge in [0, 0.05) is 12.1 Å². The molecule has 3 N–H and O–H groups in total. The second-order valence-corrected chi connectivity index (χ2v) is 7.91. The number of anilines is 1. The molecule has 1 aliphatic rings. The molecule has 0 spiro atoms. The van der Waals surface area contributed by atoms with E-state index in [1.165, 1.54) is 0 Å². The zero-order valence-electron chi connectivity index (χ0n) is 12.2. The Morgan fingerprint density at radius 2 is 2.00 bits per heavy atom. The summed E-state index contributed by atoms with van der Waals surface area (Å²) < 4.78 is 24.7. The number of nitrogens with one attached hydrogen (secondary N) is 1. The minimum atomic E-state index is -3.23. The summed E-state index contributed by atoms with van der Waals surface area (Å²) in [6.07, 6.45) is 2.93. The van der Waals surface area contributed by atoms with Gasteiger partial charge in [0.1, 0.15) is 0 Å². The fourth-order valence-corrected chi connectivity index (χ4v) is 4.07. The third-order valence-corrected chi connectivity index (χ3v) is 5.99. The van der Waals surface area contributed by atoms with Crippen LogP contribution in [0.4, 0.5) is 5.69 Å². The number of nitrogens with two attached hydrogens (primary N) is 1. The van der Waals surface area contributed by atoms with Crippen LogP contribution in [0.25, 0.3) is 0 Å². The average molecular weight is 296 g/mol. The van der Waals surface area contributed by atoms with Crippen molar-refractivity contribution in [1.82, 2.24) is 0 Å². The average Bonchev–Trinajstić information content (AvgIpc) is 3.23. The summed E-state index contributed by atoms with van der Waals surface area (Å²) in [4.78, 5) is 0.391. The van der Waals surface area contributed by atoms with Gasteiger partial charge in [0.2, 0.25) is 0 Å². The predicted molar refractivity (Wildman–Crippen MR) is 82.6 cm³/mol. The first-order valence-electron chi connectivity index (χ1n) is 7.23. The molecule has 1 aromatic carbocycles. The first-order chi connectivity index (χ1) is 9.43. The minimum absolute atomic E-state index is 0.175. The van der Waals surface area contributed by atoms with Crippen LogP contribution in [-0.2, 0) is 9.84 Å². The number of sulfone groups is 1. The van der Waals surface area contributed by atoms with E-state index in [9.17, 15) is 8.42 Å². The number of hydrogen-bond acceptors (Lipinski definition) is 4.